The van der Waals surface area contributed by atoms with Crippen LogP contribution in [0.15, 0.2) is 23.1 Å². The fourth-order valence-electron chi connectivity index (χ4n) is 1.74. The molecule has 1 N–H and O–H groups in total. The number of rotatable bonds is 3. The molecule has 2 rings (SSSR count). The third kappa shape index (κ3) is 2.49. The van der Waals surface area contributed by atoms with E-state index in [2.05, 4.69) is 0 Å². The van der Waals surface area contributed by atoms with Gasteiger partial charge in [0.05, 0.1) is 16.3 Å². The van der Waals surface area contributed by atoms with Crippen LogP contribution in [0.2, 0.25) is 0 Å². The number of carbonyl (C=O) groups is 1. The summed E-state index contributed by atoms with van der Waals surface area (Å²) in [5.74, 6) is -1.89. The molecule has 1 aliphatic rings. The van der Waals surface area contributed by atoms with Gasteiger partial charge in [-0.15, -0.1) is 11.8 Å². The number of hydrogen-bond donors (Lipinski definition) is 1. The predicted octanol–water partition coefficient (Wildman–Crippen LogP) is 0.846. The van der Waals surface area contributed by atoms with E-state index < -0.39 is 33.4 Å². The molecule has 1 fully saturated rings. The fourth-order valence-corrected chi connectivity index (χ4v) is 4.91. The molecule has 20 heavy (non-hydrogen) atoms. The molecule has 0 saturated carbocycles. The van der Waals surface area contributed by atoms with Crippen molar-refractivity contribution in [2.75, 3.05) is 11.6 Å². The minimum absolute atomic E-state index is 0.0125. The van der Waals surface area contributed by atoms with E-state index in [-0.39, 0.29) is 16.5 Å². The Labute approximate surface area is 118 Å². The van der Waals surface area contributed by atoms with Gasteiger partial charge in [0.2, 0.25) is 10.0 Å². The minimum Gasteiger partial charge on any atom is -0.480 e. The summed E-state index contributed by atoms with van der Waals surface area (Å²) >= 11 is 1.18. The average molecular weight is 316 g/mol. The quantitative estimate of drug-likeness (QED) is 0.887. The molecular formula is C11H9FN2O4S2. The van der Waals surface area contributed by atoms with Crippen molar-refractivity contribution in [3.63, 3.8) is 0 Å². The smallest absolute Gasteiger partial charge is 0.322 e. The van der Waals surface area contributed by atoms with E-state index >= 15 is 0 Å². The molecular weight excluding hydrogens is 307 g/mol. The number of nitrogens with zero attached hydrogens (tertiary/aromatic N) is 2. The Hall–Kier alpha value is -1.63. The number of nitriles is 1. The van der Waals surface area contributed by atoms with Gasteiger partial charge in [0.15, 0.2) is 0 Å². The van der Waals surface area contributed by atoms with E-state index in [1.807, 2.05) is 0 Å². The van der Waals surface area contributed by atoms with Crippen molar-refractivity contribution in [2.24, 2.45) is 0 Å². The Kier molecular flexibility index (Phi) is 3.99. The van der Waals surface area contributed by atoms with E-state index in [0.717, 1.165) is 22.5 Å². The maximum Gasteiger partial charge on any atom is 0.322 e. The number of carboxylic acids is 1. The van der Waals surface area contributed by atoms with Crippen LogP contribution in [0.5, 0.6) is 0 Å². The van der Waals surface area contributed by atoms with Crippen molar-refractivity contribution in [1.82, 2.24) is 4.31 Å². The Bertz CT molecular complexity index is 699. The normalized spacial score (nSPS) is 19.7. The first-order valence-electron chi connectivity index (χ1n) is 5.40. The molecule has 0 amide bonds. The van der Waals surface area contributed by atoms with Crippen LogP contribution in [0.25, 0.3) is 0 Å². The van der Waals surface area contributed by atoms with Crippen LogP contribution >= 0.6 is 11.8 Å². The van der Waals surface area contributed by atoms with Gasteiger partial charge < -0.3 is 5.11 Å². The van der Waals surface area contributed by atoms with E-state index in [0.29, 0.717) is 0 Å². The van der Waals surface area contributed by atoms with Gasteiger partial charge in [0, 0.05) is 5.75 Å². The van der Waals surface area contributed by atoms with Crippen molar-refractivity contribution in [2.45, 2.75) is 10.9 Å². The SMILES string of the molecule is N#Cc1cc(S(=O)(=O)N2CSCC2C(=O)O)ccc1F. The summed E-state index contributed by atoms with van der Waals surface area (Å²) < 4.78 is 38.7. The lowest BCUT2D eigenvalue weighted by Gasteiger charge is -2.20. The molecule has 1 saturated heterocycles. The van der Waals surface area contributed by atoms with Gasteiger partial charge in [0.1, 0.15) is 17.9 Å². The van der Waals surface area contributed by atoms with E-state index in [9.17, 15) is 17.6 Å². The number of thioether (sulfide) groups is 1. The summed E-state index contributed by atoms with van der Waals surface area (Å²) in [5, 5.41) is 17.7. The zero-order valence-electron chi connectivity index (χ0n) is 9.98. The van der Waals surface area contributed by atoms with Gasteiger partial charge in [-0.1, -0.05) is 0 Å². The molecule has 0 spiro atoms. The number of hydrogen-bond acceptors (Lipinski definition) is 5. The van der Waals surface area contributed by atoms with Gasteiger partial charge in [-0.25, -0.2) is 12.8 Å². The molecule has 0 aromatic heterocycles. The first kappa shape index (κ1) is 14.8. The van der Waals surface area contributed by atoms with Crippen LogP contribution in [-0.4, -0.2) is 41.5 Å². The second-order valence-corrected chi connectivity index (χ2v) is 6.89. The predicted molar refractivity (Wildman–Crippen MR) is 68.9 cm³/mol. The largest absolute Gasteiger partial charge is 0.480 e. The zero-order valence-corrected chi connectivity index (χ0v) is 11.6. The zero-order chi connectivity index (χ0) is 14.9. The van der Waals surface area contributed by atoms with Crippen LogP contribution in [-0.2, 0) is 14.8 Å². The summed E-state index contributed by atoms with van der Waals surface area (Å²) in [6.07, 6.45) is 0. The van der Waals surface area contributed by atoms with E-state index in [1.54, 1.807) is 6.07 Å². The highest BCUT2D eigenvalue weighted by atomic mass is 32.2. The molecule has 1 atom stereocenters. The molecule has 0 aliphatic carbocycles. The third-order valence-corrected chi connectivity index (χ3v) is 5.82. The Morgan fingerprint density at radius 1 is 1.55 bits per heavy atom. The Morgan fingerprint density at radius 2 is 2.25 bits per heavy atom. The number of sulfonamides is 1. The number of halogens is 1. The van der Waals surface area contributed by atoms with Gasteiger partial charge in [0.25, 0.3) is 0 Å². The second kappa shape index (κ2) is 5.40. The molecule has 106 valence electrons. The highest BCUT2D eigenvalue weighted by Crippen LogP contribution is 2.29. The highest BCUT2D eigenvalue weighted by molar-refractivity contribution is 8.00. The van der Waals surface area contributed by atoms with Crippen LogP contribution in [0.1, 0.15) is 5.56 Å². The van der Waals surface area contributed by atoms with Gasteiger partial charge in [-0.05, 0) is 18.2 Å². The van der Waals surface area contributed by atoms with Gasteiger partial charge in [-0.2, -0.15) is 9.57 Å². The van der Waals surface area contributed by atoms with Crippen LogP contribution < -0.4 is 0 Å². The first-order valence-corrected chi connectivity index (χ1v) is 7.99. The first-order chi connectivity index (χ1) is 9.37. The van der Waals surface area contributed by atoms with Crippen LogP contribution in [0, 0.1) is 17.1 Å². The lowest BCUT2D eigenvalue weighted by atomic mass is 10.2. The lowest BCUT2D eigenvalue weighted by molar-refractivity contribution is -0.140. The summed E-state index contributed by atoms with van der Waals surface area (Å²) in [5.41, 5.74) is -0.398. The minimum atomic E-state index is -4.07. The summed E-state index contributed by atoms with van der Waals surface area (Å²) in [7, 11) is -4.07. The maximum atomic E-state index is 13.2. The van der Waals surface area contributed by atoms with E-state index in [4.69, 9.17) is 10.4 Å². The molecule has 9 heteroatoms. The van der Waals surface area contributed by atoms with Crippen LogP contribution in [0.4, 0.5) is 4.39 Å². The fraction of sp³-hybridized carbons (Fsp3) is 0.273. The monoisotopic (exact) mass is 316 g/mol. The number of aliphatic carboxylic acids is 1. The molecule has 6 nitrogen and oxygen atoms in total. The van der Waals surface area contributed by atoms with E-state index in [1.165, 1.54) is 11.8 Å². The topological polar surface area (TPSA) is 98.5 Å². The molecule has 0 bridgehead atoms. The third-order valence-electron chi connectivity index (χ3n) is 2.79. The molecule has 0 radical (unpaired) electrons. The summed E-state index contributed by atoms with van der Waals surface area (Å²) in [4.78, 5) is 10.7. The summed E-state index contributed by atoms with van der Waals surface area (Å²) in [6.45, 7) is 0. The summed E-state index contributed by atoms with van der Waals surface area (Å²) in [6, 6.07) is 3.21. The van der Waals surface area contributed by atoms with Crippen molar-refractivity contribution < 1.29 is 22.7 Å². The van der Waals surface area contributed by atoms with Crippen molar-refractivity contribution in [3.05, 3.63) is 29.6 Å². The molecule has 1 unspecified atom stereocenters. The van der Waals surface area contributed by atoms with Crippen molar-refractivity contribution >= 4 is 27.8 Å². The van der Waals surface area contributed by atoms with Crippen molar-refractivity contribution in [1.29, 1.82) is 5.26 Å². The maximum absolute atomic E-state index is 13.2. The lowest BCUT2D eigenvalue weighted by Crippen LogP contribution is -2.41. The molecule has 1 heterocycles. The average Bonchev–Trinajstić information content (AvgIpc) is 2.89. The number of carboxylic acid groups (broad SMARTS) is 1. The molecule has 1 aromatic rings. The standard InChI is InChI=1S/C11H9FN2O4S2/c12-9-2-1-8(3-7(9)4-13)20(17,18)14-6-19-5-10(14)11(15)16/h1-3,10H,5-6H2,(H,15,16). The van der Waals surface area contributed by atoms with Gasteiger partial charge >= 0.3 is 5.97 Å². The molecule has 1 aromatic carbocycles. The number of benzene rings is 1. The Balaban J connectivity index is 2.46. The highest BCUT2D eigenvalue weighted by Gasteiger charge is 2.40. The second-order valence-electron chi connectivity index (χ2n) is 4.00. The molecule has 1 aliphatic heterocycles. The van der Waals surface area contributed by atoms with Crippen LogP contribution in [0.3, 0.4) is 0 Å². The van der Waals surface area contributed by atoms with Crippen molar-refractivity contribution in [3.8, 4) is 6.07 Å². The Morgan fingerprint density at radius 3 is 2.85 bits per heavy atom. The van der Waals surface area contributed by atoms with Gasteiger partial charge in [-0.3, -0.25) is 4.79 Å².